The van der Waals surface area contributed by atoms with Crippen LogP contribution in [-0.4, -0.2) is 54.3 Å². The van der Waals surface area contributed by atoms with Crippen LogP contribution in [0.2, 0.25) is 0 Å². The van der Waals surface area contributed by atoms with Crippen molar-refractivity contribution in [2.45, 2.75) is 6.42 Å². The molecule has 1 aromatic heterocycles. The zero-order chi connectivity index (χ0) is 5.82. The van der Waals surface area contributed by atoms with Gasteiger partial charge in [0.2, 0.25) is 0 Å². The van der Waals surface area contributed by atoms with Gasteiger partial charge in [0.1, 0.15) is 0 Å². The van der Waals surface area contributed by atoms with Crippen molar-refractivity contribution < 1.29 is 0 Å². The first-order valence-corrected chi connectivity index (χ1v) is 2.61. The first-order valence-electron chi connectivity index (χ1n) is 2.61. The molecular weight excluding hydrogens is 142 g/mol. The minimum Gasteiger partial charge on any atom is -0.351 e. The normalized spacial score (nSPS) is 8.56. The topological polar surface area (TPSA) is 54.7 Å². The Morgan fingerprint density at radius 1 is 1.67 bits per heavy atom. The summed E-state index contributed by atoms with van der Waals surface area (Å²) in [5.74, 6) is 0. The molecule has 0 saturated carbocycles. The molecule has 1 rings (SSSR count). The summed E-state index contributed by atoms with van der Waals surface area (Å²) in [6.45, 7) is 0.671. The molecule has 2 radical (unpaired) electrons. The van der Waals surface area contributed by atoms with Crippen LogP contribution < -0.4 is 5.73 Å². The second kappa shape index (κ2) is 5.23. The standard InChI is InChI=1S/C5H9N3.Ca/c6-2-1-5-3-7-4-8-5;/h3-4H,1-2,6H2,(H,7,8);. The van der Waals surface area contributed by atoms with Crippen LogP contribution in [0.15, 0.2) is 12.5 Å². The van der Waals surface area contributed by atoms with Crippen LogP contribution in [0.1, 0.15) is 5.69 Å². The summed E-state index contributed by atoms with van der Waals surface area (Å²) < 4.78 is 0. The van der Waals surface area contributed by atoms with E-state index in [2.05, 4.69) is 9.97 Å². The zero-order valence-corrected chi connectivity index (χ0v) is 7.51. The maximum atomic E-state index is 5.27. The average Bonchev–Trinajstić information content (AvgIpc) is 2.19. The molecule has 0 aliphatic rings. The minimum atomic E-state index is 0. The van der Waals surface area contributed by atoms with E-state index in [9.17, 15) is 0 Å². The van der Waals surface area contributed by atoms with Gasteiger partial charge < -0.3 is 10.7 Å². The van der Waals surface area contributed by atoms with Crippen molar-refractivity contribution in [1.29, 1.82) is 0 Å². The third-order valence-corrected chi connectivity index (χ3v) is 0.955. The molecular formula is C5H9CaN3. The Hall–Kier alpha value is 0.430. The molecule has 3 nitrogen and oxygen atoms in total. The molecule has 0 fully saturated rings. The van der Waals surface area contributed by atoms with Gasteiger partial charge in [0.25, 0.3) is 0 Å². The Morgan fingerprint density at radius 2 is 2.44 bits per heavy atom. The molecule has 1 heterocycles. The number of aromatic amines is 1. The van der Waals surface area contributed by atoms with Crippen molar-refractivity contribution in [2.24, 2.45) is 5.73 Å². The third kappa shape index (κ3) is 3.20. The number of nitrogens with one attached hydrogen (secondary N) is 1. The van der Waals surface area contributed by atoms with Gasteiger partial charge in [-0.3, -0.25) is 0 Å². The van der Waals surface area contributed by atoms with Crippen molar-refractivity contribution in [3.05, 3.63) is 18.2 Å². The first kappa shape index (κ1) is 9.43. The maximum absolute atomic E-state index is 5.27. The second-order valence-corrected chi connectivity index (χ2v) is 1.60. The van der Waals surface area contributed by atoms with Crippen molar-refractivity contribution in [1.82, 2.24) is 9.97 Å². The molecule has 4 heteroatoms. The Labute approximate surface area is 84.0 Å². The van der Waals surface area contributed by atoms with Gasteiger partial charge in [-0.15, -0.1) is 0 Å². The Kier molecular flexibility index (Phi) is 5.48. The third-order valence-electron chi connectivity index (χ3n) is 0.955. The maximum Gasteiger partial charge on any atom is 0.0923 e. The molecule has 0 unspecified atom stereocenters. The zero-order valence-electron chi connectivity index (χ0n) is 5.30. The molecule has 0 aromatic carbocycles. The largest absolute Gasteiger partial charge is 0.351 e. The molecule has 9 heavy (non-hydrogen) atoms. The number of H-pyrrole nitrogens is 1. The fourth-order valence-electron chi connectivity index (χ4n) is 0.576. The van der Waals surface area contributed by atoms with Gasteiger partial charge in [0.05, 0.1) is 12.0 Å². The summed E-state index contributed by atoms with van der Waals surface area (Å²) in [6, 6.07) is 0. The summed E-state index contributed by atoms with van der Waals surface area (Å²) in [7, 11) is 0. The number of nitrogens with two attached hydrogens (primary N) is 1. The number of hydrogen-bond acceptors (Lipinski definition) is 2. The van der Waals surface area contributed by atoms with Crippen LogP contribution >= 0.6 is 0 Å². The quantitative estimate of drug-likeness (QED) is 0.561. The fourth-order valence-corrected chi connectivity index (χ4v) is 0.576. The summed E-state index contributed by atoms with van der Waals surface area (Å²) in [6.07, 6.45) is 4.38. The fraction of sp³-hybridized carbons (Fsp3) is 0.400. The van der Waals surface area contributed by atoms with Crippen LogP contribution in [0.3, 0.4) is 0 Å². The van der Waals surface area contributed by atoms with E-state index in [1.165, 1.54) is 0 Å². The summed E-state index contributed by atoms with van der Waals surface area (Å²) in [5.41, 5.74) is 6.30. The molecule has 0 aliphatic heterocycles. The molecule has 0 atom stereocenters. The molecule has 0 saturated heterocycles. The molecule has 0 aliphatic carbocycles. The Morgan fingerprint density at radius 3 is 2.89 bits per heavy atom. The molecule has 0 spiro atoms. The summed E-state index contributed by atoms with van der Waals surface area (Å²) in [5, 5.41) is 0. The predicted molar refractivity (Wildman–Crippen MR) is 37.1 cm³/mol. The van der Waals surface area contributed by atoms with E-state index in [-0.39, 0.29) is 37.7 Å². The van der Waals surface area contributed by atoms with E-state index in [0.717, 1.165) is 12.1 Å². The molecule has 0 bridgehead atoms. The summed E-state index contributed by atoms with van der Waals surface area (Å²) >= 11 is 0. The minimum absolute atomic E-state index is 0. The number of rotatable bonds is 2. The SMILES string of the molecule is NCCc1c[nH]cn1.[Ca]. The molecule has 46 valence electrons. The number of aromatic nitrogens is 2. The Bertz CT molecular complexity index is 138. The predicted octanol–water partition coefficient (Wildman–Crippen LogP) is -0.470. The summed E-state index contributed by atoms with van der Waals surface area (Å²) in [4.78, 5) is 6.82. The van der Waals surface area contributed by atoms with E-state index in [1.807, 2.05) is 6.20 Å². The van der Waals surface area contributed by atoms with Crippen molar-refractivity contribution in [3.63, 3.8) is 0 Å². The number of nitrogens with zero attached hydrogens (tertiary/aromatic N) is 1. The van der Waals surface area contributed by atoms with Gasteiger partial charge in [0, 0.05) is 50.4 Å². The van der Waals surface area contributed by atoms with Crippen LogP contribution in [0.5, 0.6) is 0 Å². The number of imidazole rings is 1. The van der Waals surface area contributed by atoms with E-state index < -0.39 is 0 Å². The van der Waals surface area contributed by atoms with Crippen LogP contribution in [0.25, 0.3) is 0 Å². The smallest absolute Gasteiger partial charge is 0.0923 e. The molecule has 0 amide bonds. The first-order chi connectivity index (χ1) is 3.93. The number of hydrogen-bond donors (Lipinski definition) is 2. The van der Waals surface area contributed by atoms with Crippen molar-refractivity contribution in [3.8, 4) is 0 Å². The van der Waals surface area contributed by atoms with Gasteiger partial charge in [-0.1, -0.05) is 0 Å². The average molecular weight is 151 g/mol. The molecule has 3 N–H and O–H groups in total. The van der Waals surface area contributed by atoms with Gasteiger partial charge in [-0.05, 0) is 6.54 Å². The van der Waals surface area contributed by atoms with Gasteiger partial charge in [0.15, 0.2) is 0 Å². The monoisotopic (exact) mass is 151 g/mol. The van der Waals surface area contributed by atoms with Gasteiger partial charge in [-0.2, -0.15) is 0 Å². The van der Waals surface area contributed by atoms with Crippen LogP contribution in [-0.2, 0) is 6.42 Å². The van der Waals surface area contributed by atoms with E-state index in [0.29, 0.717) is 6.54 Å². The van der Waals surface area contributed by atoms with Crippen molar-refractivity contribution >= 4 is 37.7 Å². The molecule has 1 aromatic rings. The van der Waals surface area contributed by atoms with E-state index >= 15 is 0 Å². The van der Waals surface area contributed by atoms with Gasteiger partial charge in [-0.25, -0.2) is 4.98 Å². The second-order valence-electron chi connectivity index (χ2n) is 1.60. The Balaban J connectivity index is 0.000000640. The van der Waals surface area contributed by atoms with E-state index in [4.69, 9.17) is 5.73 Å². The van der Waals surface area contributed by atoms with Crippen LogP contribution in [0, 0.1) is 0 Å². The van der Waals surface area contributed by atoms with E-state index in [1.54, 1.807) is 6.33 Å². The van der Waals surface area contributed by atoms with Crippen molar-refractivity contribution in [2.75, 3.05) is 6.54 Å². The van der Waals surface area contributed by atoms with Gasteiger partial charge >= 0.3 is 0 Å². The van der Waals surface area contributed by atoms with Crippen LogP contribution in [0.4, 0.5) is 0 Å².